The van der Waals surface area contributed by atoms with Crippen molar-refractivity contribution in [2.75, 3.05) is 0 Å². The van der Waals surface area contributed by atoms with E-state index in [1.807, 2.05) is 24.1 Å². The third-order valence-corrected chi connectivity index (χ3v) is 2.33. The first-order valence-electron chi connectivity index (χ1n) is 4.77. The topological polar surface area (TPSA) is 30.7 Å². The smallest absolute Gasteiger partial charge is 0.114 e. The van der Waals surface area contributed by atoms with E-state index < -0.39 is 0 Å². The summed E-state index contributed by atoms with van der Waals surface area (Å²) in [4.78, 5) is 4.29. The zero-order valence-electron chi connectivity index (χ0n) is 9.07. The fourth-order valence-corrected chi connectivity index (χ4v) is 1.64. The summed E-state index contributed by atoms with van der Waals surface area (Å²) >= 11 is 0. The first-order valence-corrected chi connectivity index (χ1v) is 4.77. The predicted octanol–water partition coefficient (Wildman–Crippen LogP) is 2.27. The van der Waals surface area contributed by atoms with Crippen molar-refractivity contribution in [1.82, 2.24) is 14.8 Å². The zero-order chi connectivity index (χ0) is 10.3. The minimum atomic E-state index is 0.121. The fourth-order valence-electron chi connectivity index (χ4n) is 1.64. The van der Waals surface area contributed by atoms with Crippen LogP contribution in [0.2, 0.25) is 0 Å². The SMILES string of the molecule is Cn1cc2nccc(C(C)(C)C)c2n1. The number of aryl methyl sites for hydroxylation is 1. The van der Waals surface area contributed by atoms with Crippen molar-refractivity contribution in [3.63, 3.8) is 0 Å². The third kappa shape index (κ3) is 1.39. The second kappa shape index (κ2) is 2.80. The highest BCUT2D eigenvalue weighted by Gasteiger charge is 2.18. The molecule has 0 saturated carbocycles. The Balaban J connectivity index is 2.77. The number of fused-ring (bicyclic) bond motifs is 1. The number of hydrogen-bond donors (Lipinski definition) is 0. The monoisotopic (exact) mass is 189 g/mol. The summed E-state index contributed by atoms with van der Waals surface area (Å²) in [5.74, 6) is 0. The summed E-state index contributed by atoms with van der Waals surface area (Å²) in [6, 6.07) is 2.05. The summed E-state index contributed by atoms with van der Waals surface area (Å²) < 4.78 is 1.81. The van der Waals surface area contributed by atoms with E-state index in [4.69, 9.17) is 0 Å². The first-order chi connectivity index (χ1) is 6.48. The molecule has 0 aliphatic heterocycles. The Morgan fingerprint density at radius 3 is 2.64 bits per heavy atom. The van der Waals surface area contributed by atoms with Crippen LogP contribution in [-0.4, -0.2) is 14.8 Å². The highest BCUT2D eigenvalue weighted by molar-refractivity contribution is 5.78. The van der Waals surface area contributed by atoms with Crippen LogP contribution in [0.15, 0.2) is 18.5 Å². The second-order valence-electron chi connectivity index (χ2n) is 4.65. The van der Waals surface area contributed by atoms with Crippen LogP contribution in [0.1, 0.15) is 26.3 Å². The first kappa shape index (κ1) is 9.19. The van der Waals surface area contributed by atoms with Gasteiger partial charge in [-0.3, -0.25) is 9.67 Å². The maximum absolute atomic E-state index is 4.43. The molecule has 3 heteroatoms. The Morgan fingerprint density at radius 2 is 2.00 bits per heavy atom. The van der Waals surface area contributed by atoms with Crippen LogP contribution in [-0.2, 0) is 12.5 Å². The number of hydrogen-bond acceptors (Lipinski definition) is 2. The van der Waals surface area contributed by atoms with Crippen LogP contribution in [0.4, 0.5) is 0 Å². The molecule has 0 unspecified atom stereocenters. The minimum Gasteiger partial charge on any atom is -0.273 e. The molecule has 0 aliphatic carbocycles. The van der Waals surface area contributed by atoms with Gasteiger partial charge in [0.2, 0.25) is 0 Å². The Bertz CT molecular complexity index is 463. The molecule has 2 aromatic heterocycles. The van der Waals surface area contributed by atoms with Crippen LogP contribution in [0, 0.1) is 0 Å². The summed E-state index contributed by atoms with van der Waals surface area (Å²) in [6.45, 7) is 6.57. The van der Waals surface area contributed by atoms with Crippen LogP contribution in [0.3, 0.4) is 0 Å². The van der Waals surface area contributed by atoms with Gasteiger partial charge in [0, 0.05) is 13.2 Å². The van der Waals surface area contributed by atoms with E-state index >= 15 is 0 Å². The molecule has 0 atom stereocenters. The maximum Gasteiger partial charge on any atom is 0.114 e. The molecule has 0 radical (unpaired) electrons. The van der Waals surface area contributed by atoms with Crippen molar-refractivity contribution in [3.8, 4) is 0 Å². The van der Waals surface area contributed by atoms with Gasteiger partial charge in [-0.25, -0.2) is 0 Å². The van der Waals surface area contributed by atoms with E-state index in [-0.39, 0.29) is 5.41 Å². The molecule has 0 aromatic carbocycles. The molecule has 74 valence electrons. The van der Waals surface area contributed by atoms with Crippen LogP contribution in [0.25, 0.3) is 11.0 Å². The molecule has 2 heterocycles. The van der Waals surface area contributed by atoms with E-state index in [0.717, 1.165) is 11.0 Å². The van der Waals surface area contributed by atoms with Crippen LogP contribution < -0.4 is 0 Å². The molecule has 0 N–H and O–H groups in total. The molecule has 2 aromatic rings. The van der Waals surface area contributed by atoms with Crippen molar-refractivity contribution >= 4 is 11.0 Å². The largest absolute Gasteiger partial charge is 0.273 e. The predicted molar refractivity (Wildman–Crippen MR) is 57.2 cm³/mol. The molecule has 14 heavy (non-hydrogen) atoms. The van der Waals surface area contributed by atoms with Gasteiger partial charge in [0.15, 0.2) is 0 Å². The summed E-state index contributed by atoms with van der Waals surface area (Å²) in [5.41, 5.74) is 3.36. The van der Waals surface area contributed by atoms with Gasteiger partial charge in [-0.15, -0.1) is 0 Å². The molecule has 0 saturated heterocycles. The highest BCUT2D eigenvalue weighted by Crippen LogP contribution is 2.27. The Kier molecular flexibility index (Phi) is 1.84. The Morgan fingerprint density at radius 1 is 1.29 bits per heavy atom. The molecular weight excluding hydrogens is 174 g/mol. The van der Waals surface area contributed by atoms with Crippen LogP contribution >= 0.6 is 0 Å². The summed E-state index contributed by atoms with van der Waals surface area (Å²) in [5, 5.41) is 4.43. The quantitative estimate of drug-likeness (QED) is 0.636. The average molecular weight is 189 g/mol. The van der Waals surface area contributed by atoms with Crippen molar-refractivity contribution in [2.24, 2.45) is 7.05 Å². The lowest BCUT2D eigenvalue weighted by atomic mass is 9.87. The van der Waals surface area contributed by atoms with Gasteiger partial charge in [0.25, 0.3) is 0 Å². The van der Waals surface area contributed by atoms with Crippen molar-refractivity contribution < 1.29 is 0 Å². The van der Waals surface area contributed by atoms with Crippen LogP contribution in [0.5, 0.6) is 0 Å². The molecule has 0 bridgehead atoms. The normalized spacial score (nSPS) is 12.3. The van der Waals surface area contributed by atoms with E-state index in [1.165, 1.54) is 5.56 Å². The van der Waals surface area contributed by atoms with Gasteiger partial charge in [-0.05, 0) is 17.0 Å². The van der Waals surface area contributed by atoms with E-state index in [9.17, 15) is 0 Å². The molecule has 0 spiro atoms. The Hall–Kier alpha value is -1.38. The molecule has 0 aliphatic rings. The number of pyridine rings is 1. The third-order valence-electron chi connectivity index (χ3n) is 2.33. The lowest BCUT2D eigenvalue weighted by Gasteiger charge is -2.18. The lowest BCUT2D eigenvalue weighted by Crippen LogP contribution is -2.12. The van der Waals surface area contributed by atoms with Crippen molar-refractivity contribution in [1.29, 1.82) is 0 Å². The standard InChI is InChI=1S/C11H15N3/c1-11(2,3)8-5-6-12-9-7-14(4)13-10(8)9/h5-7H,1-4H3. The summed E-state index contributed by atoms with van der Waals surface area (Å²) in [7, 11) is 1.92. The van der Waals surface area contributed by atoms with Gasteiger partial charge < -0.3 is 0 Å². The van der Waals surface area contributed by atoms with Gasteiger partial charge in [0.05, 0.1) is 6.20 Å². The van der Waals surface area contributed by atoms with Gasteiger partial charge in [0.1, 0.15) is 11.0 Å². The summed E-state index contributed by atoms with van der Waals surface area (Å²) in [6.07, 6.45) is 3.80. The zero-order valence-corrected chi connectivity index (χ0v) is 9.07. The Labute approximate surface area is 83.8 Å². The van der Waals surface area contributed by atoms with E-state index in [0.29, 0.717) is 0 Å². The second-order valence-corrected chi connectivity index (χ2v) is 4.65. The highest BCUT2D eigenvalue weighted by atomic mass is 15.3. The molecule has 2 rings (SSSR count). The van der Waals surface area contributed by atoms with E-state index in [1.54, 1.807) is 0 Å². The molecular formula is C11H15N3. The van der Waals surface area contributed by atoms with Crippen molar-refractivity contribution in [3.05, 3.63) is 24.0 Å². The molecule has 3 nitrogen and oxygen atoms in total. The number of aromatic nitrogens is 3. The molecule has 0 fully saturated rings. The maximum atomic E-state index is 4.43. The number of nitrogens with zero attached hydrogens (tertiary/aromatic N) is 3. The lowest BCUT2D eigenvalue weighted by molar-refractivity contribution is 0.592. The van der Waals surface area contributed by atoms with E-state index in [2.05, 4.69) is 36.9 Å². The van der Waals surface area contributed by atoms with Gasteiger partial charge in [-0.1, -0.05) is 20.8 Å². The molecule has 0 amide bonds. The minimum absolute atomic E-state index is 0.121. The average Bonchev–Trinajstić information content (AvgIpc) is 2.41. The fraction of sp³-hybridized carbons (Fsp3) is 0.455. The van der Waals surface area contributed by atoms with Crippen molar-refractivity contribution in [2.45, 2.75) is 26.2 Å². The van der Waals surface area contributed by atoms with Gasteiger partial charge >= 0.3 is 0 Å². The number of rotatable bonds is 0. The van der Waals surface area contributed by atoms with Gasteiger partial charge in [-0.2, -0.15) is 5.10 Å².